The second-order valence-electron chi connectivity index (χ2n) is 6.19. The molecule has 0 bridgehead atoms. The van der Waals surface area contributed by atoms with Crippen molar-refractivity contribution in [2.45, 2.75) is 4.34 Å². The molecule has 3 aromatic rings. The molecule has 10 nitrogen and oxygen atoms in total. The van der Waals surface area contributed by atoms with E-state index in [9.17, 15) is 21.6 Å². The molecule has 3 rings (SSSR count). The number of rotatable bonds is 7. The van der Waals surface area contributed by atoms with Crippen LogP contribution in [-0.2, 0) is 20.0 Å². The summed E-state index contributed by atoms with van der Waals surface area (Å²) in [5.41, 5.74) is 0.603. The van der Waals surface area contributed by atoms with Gasteiger partial charge in [0.1, 0.15) is 0 Å². The van der Waals surface area contributed by atoms with Crippen molar-refractivity contribution in [3.05, 3.63) is 59.1 Å². The molecule has 14 heteroatoms. The van der Waals surface area contributed by atoms with Gasteiger partial charge in [-0.15, -0.1) is 10.2 Å². The Morgan fingerprint density at radius 3 is 2.45 bits per heavy atom. The van der Waals surface area contributed by atoms with Gasteiger partial charge in [-0.05, 0) is 30.3 Å². The highest BCUT2D eigenvalue weighted by atomic mass is 35.5. The Kier molecular flexibility index (Phi) is 6.50. The van der Waals surface area contributed by atoms with Gasteiger partial charge in [0.25, 0.3) is 20.3 Å². The summed E-state index contributed by atoms with van der Waals surface area (Å²) in [6.07, 6.45) is 1.03. The summed E-state index contributed by atoms with van der Waals surface area (Å²) in [4.78, 5) is 12.3. The summed E-state index contributed by atoms with van der Waals surface area (Å²) in [5, 5.41) is 9.95. The summed E-state index contributed by atoms with van der Waals surface area (Å²) in [7, 11) is -6.30. The van der Waals surface area contributed by atoms with E-state index in [1.165, 1.54) is 37.4 Å². The maximum Gasteiger partial charge on any atom is 0.291 e. The molecule has 2 aromatic carbocycles. The Morgan fingerprint density at radius 2 is 1.77 bits per heavy atom. The Labute approximate surface area is 188 Å². The lowest BCUT2D eigenvalue weighted by atomic mass is 10.2. The van der Waals surface area contributed by atoms with Gasteiger partial charge < -0.3 is 0 Å². The molecular weight excluding hydrogens is 486 g/mol. The first-order chi connectivity index (χ1) is 14.5. The fourth-order valence-electron chi connectivity index (χ4n) is 2.33. The van der Waals surface area contributed by atoms with Crippen molar-refractivity contribution >= 4 is 65.4 Å². The molecule has 0 aliphatic heterocycles. The molecule has 1 aromatic heterocycles. The SMILES string of the molecule is CN(c1cccc(NS(=O)(=O)c2nnc(NC(=O)c3ccccc3Cl)s2)c1)S(C)(=O)=O. The Morgan fingerprint density at radius 1 is 1.06 bits per heavy atom. The number of nitrogens with zero attached hydrogens (tertiary/aromatic N) is 3. The second kappa shape index (κ2) is 8.78. The molecule has 0 spiro atoms. The van der Waals surface area contributed by atoms with Gasteiger partial charge in [0, 0.05) is 7.05 Å². The maximum absolute atomic E-state index is 12.6. The van der Waals surface area contributed by atoms with Crippen LogP contribution in [0.3, 0.4) is 0 Å². The van der Waals surface area contributed by atoms with E-state index < -0.39 is 26.0 Å². The van der Waals surface area contributed by atoms with Crippen LogP contribution in [-0.4, -0.2) is 46.2 Å². The number of carbonyl (C=O) groups is 1. The van der Waals surface area contributed by atoms with Gasteiger partial charge in [0.05, 0.1) is 28.2 Å². The van der Waals surface area contributed by atoms with Gasteiger partial charge in [-0.1, -0.05) is 41.1 Å². The van der Waals surface area contributed by atoms with E-state index in [-0.39, 0.29) is 31.4 Å². The third-order valence-corrected chi connectivity index (χ3v) is 8.06. The molecule has 0 saturated carbocycles. The van der Waals surface area contributed by atoms with Gasteiger partial charge in [0.2, 0.25) is 15.2 Å². The van der Waals surface area contributed by atoms with Crippen LogP contribution in [0.25, 0.3) is 0 Å². The molecule has 0 atom stereocenters. The predicted molar refractivity (Wildman–Crippen MR) is 120 cm³/mol. The topological polar surface area (TPSA) is 138 Å². The van der Waals surface area contributed by atoms with Gasteiger partial charge in [0.15, 0.2) is 0 Å². The van der Waals surface area contributed by atoms with Crippen molar-refractivity contribution in [2.24, 2.45) is 0 Å². The monoisotopic (exact) mass is 501 g/mol. The molecule has 0 unspecified atom stereocenters. The van der Waals surface area contributed by atoms with E-state index in [0.29, 0.717) is 11.3 Å². The van der Waals surface area contributed by atoms with Crippen LogP contribution in [0.2, 0.25) is 5.02 Å². The average Bonchev–Trinajstić information content (AvgIpc) is 3.16. The van der Waals surface area contributed by atoms with E-state index in [1.54, 1.807) is 18.2 Å². The van der Waals surface area contributed by atoms with Crippen LogP contribution in [0.4, 0.5) is 16.5 Å². The van der Waals surface area contributed by atoms with E-state index in [1.807, 2.05) is 0 Å². The molecule has 164 valence electrons. The van der Waals surface area contributed by atoms with E-state index >= 15 is 0 Å². The molecule has 0 aliphatic carbocycles. The first kappa shape index (κ1) is 22.9. The molecule has 0 aliphatic rings. The summed E-state index contributed by atoms with van der Waals surface area (Å²) in [6, 6.07) is 12.2. The highest BCUT2D eigenvalue weighted by Gasteiger charge is 2.22. The van der Waals surface area contributed by atoms with Crippen LogP contribution >= 0.6 is 22.9 Å². The number of anilines is 3. The predicted octanol–water partition coefficient (Wildman–Crippen LogP) is 2.64. The van der Waals surface area contributed by atoms with Crippen LogP contribution in [0.1, 0.15) is 10.4 Å². The highest BCUT2D eigenvalue weighted by molar-refractivity contribution is 7.94. The zero-order valence-electron chi connectivity index (χ0n) is 16.1. The largest absolute Gasteiger partial charge is 0.296 e. The molecule has 31 heavy (non-hydrogen) atoms. The highest BCUT2D eigenvalue weighted by Crippen LogP contribution is 2.26. The van der Waals surface area contributed by atoms with Gasteiger partial charge in [-0.2, -0.15) is 8.42 Å². The number of hydrogen-bond acceptors (Lipinski definition) is 8. The molecule has 2 N–H and O–H groups in total. The van der Waals surface area contributed by atoms with Crippen molar-refractivity contribution in [3.8, 4) is 0 Å². The third kappa shape index (κ3) is 5.50. The van der Waals surface area contributed by atoms with Crippen molar-refractivity contribution in [2.75, 3.05) is 27.6 Å². The number of benzene rings is 2. The van der Waals surface area contributed by atoms with Crippen molar-refractivity contribution in [1.82, 2.24) is 10.2 Å². The summed E-state index contributed by atoms with van der Waals surface area (Å²) < 4.78 is 51.6. The van der Waals surface area contributed by atoms with Gasteiger partial charge in [-0.3, -0.25) is 19.1 Å². The van der Waals surface area contributed by atoms with Crippen LogP contribution in [0.15, 0.2) is 52.9 Å². The minimum Gasteiger partial charge on any atom is -0.296 e. The lowest BCUT2D eigenvalue weighted by molar-refractivity contribution is 0.102. The quantitative estimate of drug-likeness (QED) is 0.474. The third-order valence-electron chi connectivity index (χ3n) is 3.93. The van der Waals surface area contributed by atoms with Crippen LogP contribution in [0, 0.1) is 0 Å². The zero-order chi connectivity index (χ0) is 22.8. The number of sulfonamides is 2. The van der Waals surface area contributed by atoms with Crippen LogP contribution in [0.5, 0.6) is 0 Å². The molecular formula is C17H16ClN5O5S3. The molecule has 0 saturated heterocycles. The molecule has 0 fully saturated rings. The lowest BCUT2D eigenvalue weighted by Crippen LogP contribution is -2.24. The number of aromatic nitrogens is 2. The molecule has 0 radical (unpaired) electrons. The van der Waals surface area contributed by atoms with Crippen LogP contribution < -0.4 is 14.3 Å². The fourth-order valence-corrected chi connectivity index (χ4v) is 5.00. The Bertz CT molecular complexity index is 1340. The lowest BCUT2D eigenvalue weighted by Gasteiger charge is -2.17. The normalized spacial score (nSPS) is 11.7. The molecule has 1 amide bonds. The van der Waals surface area contributed by atoms with Crippen molar-refractivity contribution in [1.29, 1.82) is 0 Å². The number of amides is 1. The molecule has 1 heterocycles. The minimum atomic E-state index is -4.13. The minimum absolute atomic E-state index is 0.0316. The second-order valence-corrected chi connectivity index (χ2v) is 11.4. The number of halogens is 1. The number of nitrogens with one attached hydrogen (secondary N) is 2. The van der Waals surface area contributed by atoms with Gasteiger partial charge >= 0.3 is 0 Å². The first-order valence-electron chi connectivity index (χ1n) is 8.43. The number of carbonyl (C=O) groups excluding carboxylic acids is 1. The first-order valence-corrected chi connectivity index (χ1v) is 13.0. The number of hydrogen-bond donors (Lipinski definition) is 2. The summed E-state index contributed by atoms with van der Waals surface area (Å²) >= 11 is 6.62. The standard InChI is InChI=1S/C17H16ClN5O5S3/c1-23(30(2,25)26)12-7-5-6-11(10-12)22-31(27,28)17-21-20-16(29-17)19-15(24)13-8-3-4-9-14(13)18/h3-10,22H,1-2H3,(H,19,20,24). The van der Waals surface area contributed by atoms with E-state index in [4.69, 9.17) is 11.6 Å². The summed E-state index contributed by atoms with van der Waals surface area (Å²) in [5.74, 6) is -0.560. The van der Waals surface area contributed by atoms with Gasteiger partial charge in [-0.25, -0.2) is 8.42 Å². The zero-order valence-corrected chi connectivity index (χ0v) is 19.3. The Hall–Kier alpha value is -2.74. The van der Waals surface area contributed by atoms with E-state index in [2.05, 4.69) is 20.2 Å². The summed E-state index contributed by atoms with van der Waals surface area (Å²) in [6.45, 7) is 0. The fraction of sp³-hybridized carbons (Fsp3) is 0.118. The average molecular weight is 502 g/mol. The maximum atomic E-state index is 12.6. The van der Waals surface area contributed by atoms with E-state index in [0.717, 1.165) is 10.6 Å². The van der Waals surface area contributed by atoms with Crippen molar-refractivity contribution in [3.63, 3.8) is 0 Å². The Balaban J connectivity index is 1.78. The smallest absolute Gasteiger partial charge is 0.291 e. The van der Waals surface area contributed by atoms with Crippen molar-refractivity contribution < 1.29 is 21.6 Å².